The highest BCUT2D eigenvalue weighted by Crippen LogP contribution is 2.45. The van der Waals surface area contributed by atoms with Crippen LogP contribution in [0.4, 0.5) is 22.0 Å². The highest BCUT2D eigenvalue weighted by atomic mass is 32.1. The third kappa shape index (κ3) is 4.20. The minimum Gasteiger partial charge on any atom is -0.438 e. The fourth-order valence-corrected chi connectivity index (χ4v) is 5.55. The third-order valence-electron chi connectivity index (χ3n) is 6.28. The number of para-hydroxylation sites is 1. The van der Waals surface area contributed by atoms with Crippen LogP contribution in [0.2, 0.25) is 0 Å². The van der Waals surface area contributed by atoms with Crippen LogP contribution in [-0.2, 0) is 4.79 Å². The maximum atomic E-state index is 13.3. The Bertz CT molecular complexity index is 1570. The maximum absolute atomic E-state index is 13.3. The molecular formula is C26H21N7O4S. The number of amides is 4. The molecule has 1 aromatic carbocycles. The highest BCUT2D eigenvalue weighted by Gasteiger charge is 2.34. The molecule has 2 aliphatic rings. The van der Waals surface area contributed by atoms with E-state index in [1.807, 2.05) is 18.2 Å². The van der Waals surface area contributed by atoms with E-state index in [1.54, 1.807) is 41.4 Å². The van der Waals surface area contributed by atoms with Gasteiger partial charge in [0, 0.05) is 31.4 Å². The standard InChI is InChI=1S/C26H21N7O4S/c1-2-20(34)32-13-11-15(14-32)28-24(35)23-22-21-17(10-12-27-25(21)38-23)33(26(36)29-22)18-8-9-19(31-30-18)37-16-6-4-3-5-7-16/h2-10,12,15H,1,11,13-14H2,(H,28,35)(H,29,36). The number of nitrogens with zero attached hydrogens (tertiary/aromatic N) is 5. The minimum absolute atomic E-state index is 0.164. The van der Waals surface area contributed by atoms with Crippen molar-refractivity contribution in [3.63, 3.8) is 0 Å². The second kappa shape index (κ2) is 9.56. The van der Waals surface area contributed by atoms with Crippen molar-refractivity contribution >= 4 is 56.6 Å². The normalized spacial score (nSPS) is 16.3. The summed E-state index contributed by atoms with van der Waals surface area (Å²) >= 11 is 1.19. The van der Waals surface area contributed by atoms with Gasteiger partial charge in [0.05, 0.1) is 16.8 Å². The van der Waals surface area contributed by atoms with Crippen LogP contribution in [0.5, 0.6) is 11.6 Å². The van der Waals surface area contributed by atoms with Gasteiger partial charge in [0.2, 0.25) is 11.8 Å². The molecule has 6 rings (SSSR count). The Labute approximate surface area is 220 Å². The molecule has 11 nitrogen and oxygen atoms in total. The molecule has 0 bridgehead atoms. The second-order valence-corrected chi connectivity index (χ2v) is 9.67. The van der Waals surface area contributed by atoms with Gasteiger partial charge in [-0.3, -0.25) is 9.59 Å². The number of nitrogens with one attached hydrogen (secondary N) is 2. The number of rotatable bonds is 6. The van der Waals surface area contributed by atoms with E-state index >= 15 is 0 Å². The molecule has 3 aromatic heterocycles. The Morgan fingerprint density at radius 2 is 2.00 bits per heavy atom. The first-order valence-corrected chi connectivity index (χ1v) is 12.6. The maximum Gasteiger partial charge on any atom is 0.332 e. The van der Waals surface area contributed by atoms with Crippen LogP contribution < -0.4 is 20.3 Å². The fraction of sp³-hybridized carbons (Fsp3) is 0.154. The first-order chi connectivity index (χ1) is 18.5. The molecule has 0 aliphatic carbocycles. The minimum atomic E-state index is -0.480. The molecule has 5 heterocycles. The Morgan fingerprint density at radius 3 is 2.76 bits per heavy atom. The van der Waals surface area contributed by atoms with Gasteiger partial charge in [-0.05, 0) is 36.8 Å². The van der Waals surface area contributed by atoms with Gasteiger partial charge in [0.1, 0.15) is 15.5 Å². The largest absolute Gasteiger partial charge is 0.438 e. The van der Waals surface area contributed by atoms with Gasteiger partial charge in [-0.25, -0.2) is 14.7 Å². The van der Waals surface area contributed by atoms with E-state index in [0.29, 0.717) is 51.7 Å². The van der Waals surface area contributed by atoms with E-state index in [4.69, 9.17) is 4.74 Å². The molecule has 1 saturated heterocycles. The van der Waals surface area contributed by atoms with Gasteiger partial charge >= 0.3 is 6.03 Å². The smallest absolute Gasteiger partial charge is 0.332 e. The van der Waals surface area contributed by atoms with Gasteiger partial charge in [0.25, 0.3) is 5.91 Å². The van der Waals surface area contributed by atoms with Crippen LogP contribution in [0.1, 0.15) is 16.1 Å². The average Bonchev–Trinajstić information content (AvgIpc) is 3.55. The van der Waals surface area contributed by atoms with E-state index in [1.165, 1.54) is 22.3 Å². The molecule has 190 valence electrons. The summed E-state index contributed by atoms with van der Waals surface area (Å²) in [4.78, 5) is 46.8. The zero-order chi connectivity index (χ0) is 26.2. The average molecular weight is 528 g/mol. The van der Waals surface area contributed by atoms with Crippen molar-refractivity contribution in [2.75, 3.05) is 23.3 Å². The van der Waals surface area contributed by atoms with Gasteiger partial charge in [0.15, 0.2) is 5.82 Å². The molecule has 1 atom stereocenters. The topological polar surface area (TPSA) is 130 Å². The highest BCUT2D eigenvalue weighted by molar-refractivity contribution is 7.21. The number of hydrogen-bond acceptors (Lipinski definition) is 8. The van der Waals surface area contributed by atoms with E-state index in [2.05, 4.69) is 32.4 Å². The summed E-state index contributed by atoms with van der Waals surface area (Å²) in [6, 6.07) is 13.5. The van der Waals surface area contributed by atoms with Crippen molar-refractivity contribution in [2.45, 2.75) is 12.5 Å². The number of hydrogen-bond donors (Lipinski definition) is 2. The van der Waals surface area contributed by atoms with Crippen molar-refractivity contribution in [1.29, 1.82) is 0 Å². The zero-order valence-electron chi connectivity index (χ0n) is 20.0. The Kier molecular flexibility index (Phi) is 5.92. The summed E-state index contributed by atoms with van der Waals surface area (Å²) in [6.45, 7) is 4.46. The van der Waals surface area contributed by atoms with Gasteiger partial charge in [-0.15, -0.1) is 21.5 Å². The lowest BCUT2D eigenvalue weighted by Gasteiger charge is -2.27. The number of ether oxygens (including phenoxy) is 1. The first kappa shape index (κ1) is 23.6. The van der Waals surface area contributed by atoms with Crippen LogP contribution in [-0.4, -0.2) is 57.1 Å². The number of likely N-dealkylation sites (tertiary alicyclic amines) is 1. The van der Waals surface area contributed by atoms with Crippen molar-refractivity contribution in [3.8, 4) is 11.6 Å². The molecular weight excluding hydrogens is 506 g/mol. The lowest BCUT2D eigenvalue weighted by molar-refractivity contribution is -0.125. The monoisotopic (exact) mass is 527 g/mol. The molecule has 0 saturated carbocycles. The van der Waals surface area contributed by atoms with Crippen LogP contribution in [0, 0.1) is 0 Å². The van der Waals surface area contributed by atoms with Crippen molar-refractivity contribution < 1.29 is 19.1 Å². The number of urea groups is 1. The number of anilines is 3. The summed E-state index contributed by atoms with van der Waals surface area (Å²) in [5, 5.41) is 14.8. The molecule has 1 unspecified atom stereocenters. The van der Waals surface area contributed by atoms with Crippen molar-refractivity contribution in [1.82, 2.24) is 25.4 Å². The van der Waals surface area contributed by atoms with E-state index < -0.39 is 6.03 Å². The predicted octanol–water partition coefficient (Wildman–Crippen LogP) is 4.08. The lowest BCUT2D eigenvalue weighted by Crippen LogP contribution is -2.39. The Morgan fingerprint density at radius 1 is 1.16 bits per heavy atom. The molecule has 4 aromatic rings. The van der Waals surface area contributed by atoms with Crippen LogP contribution in [0.15, 0.2) is 67.4 Å². The number of carbonyl (C=O) groups excluding carboxylic acids is 3. The van der Waals surface area contributed by atoms with Crippen LogP contribution in [0.3, 0.4) is 0 Å². The number of aromatic nitrogens is 3. The molecule has 0 radical (unpaired) electrons. The summed E-state index contributed by atoms with van der Waals surface area (Å²) < 4.78 is 5.70. The summed E-state index contributed by atoms with van der Waals surface area (Å²) in [7, 11) is 0. The molecule has 2 aliphatic heterocycles. The molecule has 1 fully saturated rings. The Balaban J connectivity index is 1.27. The van der Waals surface area contributed by atoms with Crippen molar-refractivity contribution in [2.24, 2.45) is 0 Å². The van der Waals surface area contributed by atoms with E-state index in [9.17, 15) is 14.4 Å². The molecule has 4 amide bonds. The predicted molar refractivity (Wildman–Crippen MR) is 142 cm³/mol. The van der Waals surface area contributed by atoms with Crippen LogP contribution in [0.25, 0.3) is 10.2 Å². The number of thiophene rings is 1. The van der Waals surface area contributed by atoms with Crippen LogP contribution >= 0.6 is 11.3 Å². The van der Waals surface area contributed by atoms with Gasteiger partial charge in [-0.1, -0.05) is 24.8 Å². The summed E-state index contributed by atoms with van der Waals surface area (Å²) in [6.07, 6.45) is 3.49. The Hall–Kier alpha value is -4.84. The zero-order valence-corrected chi connectivity index (χ0v) is 20.8. The number of carbonyl (C=O) groups is 3. The number of pyridine rings is 1. The summed E-state index contributed by atoms with van der Waals surface area (Å²) in [5.74, 6) is 0.696. The summed E-state index contributed by atoms with van der Waals surface area (Å²) in [5.41, 5.74) is 0.944. The SMILES string of the molecule is C=CC(=O)N1CCC(NC(=O)c2sc3nccc4c3c2NC(=O)N4c2ccc(Oc3ccccc3)nn2)C1. The number of benzene rings is 1. The third-order valence-corrected chi connectivity index (χ3v) is 7.38. The van der Waals surface area contributed by atoms with E-state index in [0.717, 1.165) is 0 Å². The fourth-order valence-electron chi connectivity index (χ4n) is 4.53. The second-order valence-electron chi connectivity index (χ2n) is 8.67. The van der Waals surface area contributed by atoms with E-state index in [-0.39, 0.29) is 29.6 Å². The molecule has 12 heteroatoms. The first-order valence-electron chi connectivity index (χ1n) is 11.8. The quantitative estimate of drug-likeness (QED) is 0.362. The molecule has 2 N–H and O–H groups in total. The van der Waals surface area contributed by atoms with Crippen molar-refractivity contribution in [3.05, 3.63) is 72.3 Å². The molecule has 38 heavy (non-hydrogen) atoms. The van der Waals surface area contributed by atoms with Gasteiger partial charge < -0.3 is 20.3 Å². The molecule has 0 spiro atoms. The lowest BCUT2D eigenvalue weighted by atomic mass is 10.1. The van der Waals surface area contributed by atoms with Gasteiger partial charge in [-0.2, -0.15) is 0 Å².